The van der Waals surface area contributed by atoms with E-state index in [1.165, 1.54) is 62.0 Å². The average molecular weight is 360 g/mol. The molecule has 23 heavy (non-hydrogen) atoms. The molecule has 3 nitrogen and oxygen atoms in total. The third kappa shape index (κ3) is 8.59. The standard InChI is InChI=1S/C18H29N3.2ClH/c19-14-7-3-1-2-4-8-15-20-18-13-9-11-16-10-5-6-12-17(16)21-18;;/h5-6,10,12H,1-4,7-9,11,13-15,19H2,(H,20,21);2*1H. The molecule has 1 aliphatic rings. The van der Waals surface area contributed by atoms with E-state index in [4.69, 9.17) is 10.7 Å². The van der Waals surface area contributed by atoms with Crippen LogP contribution in [0.5, 0.6) is 0 Å². The zero-order valence-corrected chi connectivity index (χ0v) is 15.6. The van der Waals surface area contributed by atoms with E-state index in [1.807, 2.05) is 0 Å². The van der Waals surface area contributed by atoms with E-state index >= 15 is 0 Å². The number of halogens is 2. The van der Waals surface area contributed by atoms with Gasteiger partial charge in [-0.2, -0.15) is 0 Å². The Morgan fingerprint density at radius 1 is 0.913 bits per heavy atom. The average Bonchev–Trinajstić information content (AvgIpc) is 2.71. The summed E-state index contributed by atoms with van der Waals surface area (Å²) in [5.74, 6) is 1.17. The van der Waals surface area contributed by atoms with Crippen LogP contribution in [0.1, 0.15) is 56.9 Å². The molecule has 132 valence electrons. The van der Waals surface area contributed by atoms with Crippen LogP contribution in [0.2, 0.25) is 0 Å². The lowest BCUT2D eigenvalue weighted by atomic mass is 10.1. The molecule has 0 radical (unpaired) electrons. The second-order valence-electron chi connectivity index (χ2n) is 5.87. The van der Waals surface area contributed by atoms with Crippen molar-refractivity contribution in [2.24, 2.45) is 10.7 Å². The lowest BCUT2D eigenvalue weighted by molar-refractivity contribution is 0.601. The number of amidine groups is 1. The van der Waals surface area contributed by atoms with Gasteiger partial charge in [0, 0.05) is 18.7 Å². The highest BCUT2D eigenvalue weighted by Gasteiger charge is 2.10. The summed E-state index contributed by atoms with van der Waals surface area (Å²) >= 11 is 0. The third-order valence-electron chi connectivity index (χ3n) is 4.07. The summed E-state index contributed by atoms with van der Waals surface area (Å²) in [5, 5.41) is 3.51. The van der Waals surface area contributed by atoms with E-state index in [0.29, 0.717) is 0 Å². The number of aliphatic imine (C=N–C) groups is 1. The first-order valence-corrected chi connectivity index (χ1v) is 8.48. The number of aryl methyl sites for hydroxylation is 1. The summed E-state index contributed by atoms with van der Waals surface area (Å²) in [7, 11) is 0. The van der Waals surface area contributed by atoms with Crippen LogP contribution in [-0.4, -0.2) is 18.9 Å². The Labute approximate surface area is 153 Å². The van der Waals surface area contributed by atoms with Crippen LogP contribution in [0, 0.1) is 0 Å². The van der Waals surface area contributed by atoms with Crippen molar-refractivity contribution in [2.45, 2.75) is 57.8 Å². The first kappa shape index (κ1) is 22.2. The molecule has 0 saturated carbocycles. The molecule has 1 aliphatic heterocycles. The summed E-state index contributed by atoms with van der Waals surface area (Å²) in [4.78, 5) is 4.76. The van der Waals surface area contributed by atoms with E-state index in [9.17, 15) is 0 Å². The highest BCUT2D eigenvalue weighted by atomic mass is 35.5. The molecule has 0 atom stereocenters. The van der Waals surface area contributed by atoms with Crippen molar-refractivity contribution in [3.8, 4) is 0 Å². The van der Waals surface area contributed by atoms with Gasteiger partial charge >= 0.3 is 0 Å². The maximum absolute atomic E-state index is 5.50. The number of fused-ring (bicyclic) bond motifs is 1. The van der Waals surface area contributed by atoms with Crippen molar-refractivity contribution in [3.05, 3.63) is 29.8 Å². The first-order valence-electron chi connectivity index (χ1n) is 8.48. The second-order valence-corrected chi connectivity index (χ2v) is 5.87. The molecule has 0 spiro atoms. The smallest absolute Gasteiger partial charge is 0.101 e. The molecule has 0 saturated heterocycles. The Morgan fingerprint density at radius 2 is 1.61 bits per heavy atom. The fraction of sp³-hybridized carbons (Fsp3) is 0.611. The SMILES string of the molecule is Cl.Cl.NCCCCCCCCN=C1CCCc2ccccc2N1. The summed E-state index contributed by atoms with van der Waals surface area (Å²) in [5.41, 5.74) is 8.16. The van der Waals surface area contributed by atoms with Gasteiger partial charge in [-0.25, -0.2) is 0 Å². The normalized spacial score (nSPS) is 14.9. The number of hydrogen-bond donors (Lipinski definition) is 2. The number of unbranched alkanes of at least 4 members (excludes halogenated alkanes) is 5. The quantitative estimate of drug-likeness (QED) is 0.643. The van der Waals surface area contributed by atoms with E-state index in [2.05, 4.69) is 29.6 Å². The zero-order chi connectivity index (χ0) is 14.8. The van der Waals surface area contributed by atoms with Gasteiger partial charge in [0.05, 0.1) is 0 Å². The Morgan fingerprint density at radius 3 is 2.39 bits per heavy atom. The van der Waals surface area contributed by atoms with Crippen LogP contribution < -0.4 is 11.1 Å². The van der Waals surface area contributed by atoms with Crippen LogP contribution in [0.3, 0.4) is 0 Å². The molecule has 1 aromatic rings. The van der Waals surface area contributed by atoms with Crippen LogP contribution in [-0.2, 0) is 6.42 Å². The Hall–Kier alpha value is -0.770. The minimum Gasteiger partial charge on any atom is -0.344 e. The maximum atomic E-state index is 5.50. The Kier molecular flexibility index (Phi) is 13.2. The van der Waals surface area contributed by atoms with Gasteiger partial charge in [-0.15, -0.1) is 24.8 Å². The molecular formula is C18H31Cl2N3. The van der Waals surface area contributed by atoms with Crippen LogP contribution >= 0.6 is 24.8 Å². The number of anilines is 1. The number of nitrogens with one attached hydrogen (secondary N) is 1. The van der Waals surface area contributed by atoms with Gasteiger partial charge in [0.2, 0.25) is 0 Å². The van der Waals surface area contributed by atoms with Crippen molar-refractivity contribution < 1.29 is 0 Å². The molecular weight excluding hydrogens is 329 g/mol. The second kappa shape index (κ2) is 13.6. The minimum absolute atomic E-state index is 0. The molecule has 1 heterocycles. The van der Waals surface area contributed by atoms with Crippen molar-refractivity contribution in [1.82, 2.24) is 0 Å². The van der Waals surface area contributed by atoms with E-state index in [-0.39, 0.29) is 24.8 Å². The Balaban J connectivity index is 0.00000242. The number of nitrogens with two attached hydrogens (primary N) is 1. The predicted molar refractivity (Wildman–Crippen MR) is 107 cm³/mol. The molecule has 0 unspecified atom stereocenters. The van der Waals surface area contributed by atoms with Crippen molar-refractivity contribution >= 4 is 36.3 Å². The van der Waals surface area contributed by atoms with E-state index in [1.54, 1.807) is 0 Å². The third-order valence-corrected chi connectivity index (χ3v) is 4.07. The molecule has 2 rings (SSSR count). The molecule has 0 bridgehead atoms. The lowest BCUT2D eigenvalue weighted by Gasteiger charge is -2.08. The van der Waals surface area contributed by atoms with Crippen molar-refractivity contribution in [1.29, 1.82) is 0 Å². The summed E-state index contributed by atoms with van der Waals surface area (Å²) < 4.78 is 0. The van der Waals surface area contributed by atoms with Gasteiger partial charge in [0.15, 0.2) is 0 Å². The molecule has 1 aromatic carbocycles. The molecule has 5 heteroatoms. The molecule has 3 N–H and O–H groups in total. The number of benzene rings is 1. The first-order chi connectivity index (χ1) is 10.4. The highest BCUT2D eigenvalue weighted by molar-refractivity contribution is 5.96. The van der Waals surface area contributed by atoms with E-state index in [0.717, 1.165) is 25.9 Å². The number of rotatable bonds is 8. The minimum atomic E-state index is 0. The summed E-state index contributed by atoms with van der Waals surface area (Å²) in [6.45, 7) is 1.79. The number of para-hydroxylation sites is 1. The van der Waals surface area contributed by atoms with Gasteiger partial charge in [0.25, 0.3) is 0 Å². The Bertz CT molecular complexity index is 450. The van der Waals surface area contributed by atoms with E-state index < -0.39 is 0 Å². The van der Waals surface area contributed by atoms with Gasteiger partial charge in [-0.05, 0) is 43.9 Å². The van der Waals surface area contributed by atoms with Crippen LogP contribution in [0.25, 0.3) is 0 Å². The topological polar surface area (TPSA) is 50.4 Å². The largest absolute Gasteiger partial charge is 0.344 e. The van der Waals surface area contributed by atoms with Gasteiger partial charge < -0.3 is 11.1 Å². The van der Waals surface area contributed by atoms with Gasteiger partial charge in [0.1, 0.15) is 5.84 Å². The fourth-order valence-electron chi connectivity index (χ4n) is 2.82. The molecule has 0 amide bonds. The summed E-state index contributed by atoms with van der Waals surface area (Å²) in [6.07, 6.45) is 11.0. The van der Waals surface area contributed by atoms with Crippen LogP contribution in [0.15, 0.2) is 29.3 Å². The van der Waals surface area contributed by atoms with Gasteiger partial charge in [-0.3, -0.25) is 4.99 Å². The zero-order valence-electron chi connectivity index (χ0n) is 13.9. The molecule has 0 aliphatic carbocycles. The van der Waals surface area contributed by atoms with Crippen molar-refractivity contribution in [3.63, 3.8) is 0 Å². The summed E-state index contributed by atoms with van der Waals surface area (Å²) in [6, 6.07) is 8.59. The maximum Gasteiger partial charge on any atom is 0.101 e. The number of nitrogens with zero attached hydrogens (tertiary/aromatic N) is 1. The number of hydrogen-bond acceptors (Lipinski definition) is 2. The van der Waals surface area contributed by atoms with Gasteiger partial charge in [-0.1, -0.05) is 43.9 Å². The monoisotopic (exact) mass is 359 g/mol. The van der Waals surface area contributed by atoms with Crippen LogP contribution in [0.4, 0.5) is 5.69 Å². The fourth-order valence-corrected chi connectivity index (χ4v) is 2.82. The molecule has 0 aromatic heterocycles. The molecule has 0 fully saturated rings. The lowest BCUT2D eigenvalue weighted by Crippen LogP contribution is -2.11. The predicted octanol–water partition coefficient (Wildman–Crippen LogP) is 4.98. The van der Waals surface area contributed by atoms with Crippen molar-refractivity contribution in [2.75, 3.05) is 18.4 Å². The highest BCUT2D eigenvalue weighted by Crippen LogP contribution is 2.21.